The zero-order chi connectivity index (χ0) is 15.6. The van der Waals surface area contributed by atoms with Gasteiger partial charge in [-0.2, -0.15) is 17.5 Å². The number of hydrogen-bond donors (Lipinski definition) is 1. The summed E-state index contributed by atoms with van der Waals surface area (Å²) in [6, 6.07) is 1.30. The summed E-state index contributed by atoms with van der Waals surface area (Å²) in [6.07, 6.45) is -4.30. The van der Waals surface area contributed by atoms with E-state index >= 15 is 0 Å². The van der Waals surface area contributed by atoms with Crippen molar-refractivity contribution in [3.63, 3.8) is 0 Å². The summed E-state index contributed by atoms with van der Waals surface area (Å²) in [4.78, 5) is 0.437. The van der Waals surface area contributed by atoms with Gasteiger partial charge in [-0.15, -0.1) is 11.3 Å². The molecule has 0 unspecified atom stereocenters. The number of aryl methyl sites for hydroxylation is 1. The van der Waals surface area contributed by atoms with Crippen LogP contribution in [-0.2, 0) is 16.6 Å². The van der Waals surface area contributed by atoms with Crippen LogP contribution in [0.15, 0.2) is 10.3 Å². The van der Waals surface area contributed by atoms with Crippen LogP contribution >= 0.6 is 11.3 Å². The molecule has 0 aliphatic carbocycles. The summed E-state index contributed by atoms with van der Waals surface area (Å²) in [7, 11) is -4.19. The van der Waals surface area contributed by atoms with E-state index in [0.717, 1.165) is 11.3 Å². The van der Waals surface area contributed by atoms with Crippen LogP contribution < -0.4 is 0 Å². The second kappa shape index (κ2) is 6.42. The molecule has 1 aromatic heterocycles. The first kappa shape index (κ1) is 17.4. The SMILES string of the molecule is CCCN(CC(F)(F)F)S(=O)(=O)c1cc(C)c(CO)s1. The quantitative estimate of drug-likeness (QED) is 0.871. The highest BCUT2D eigenvalue weighted by atomic mass is 32.2. The van der Waals surface area contributed by atoms with Crippen LogP contribution in [0.1, 0.15) is 23.8 Å². The van der Waals surface area contributed by atoms with Crippen molar-refractivity contribution >= 4 is 21.4 Å². The van der Waals surface area contributed by atoms with Gasteiger partial charge in [0.1, 0.15) is 10.8 Å². The highest BCUT2D eigenvalue weighted by Crippen LogP contribution is 2.30. The highest BCUT2D eigenvalue weighted by Gasteiger charge is 2.37. The van der Waals surface area contributed by atoms with Crippen molar-refractivity contribution in [3.05, 3.63) is 16.5 Å². The Kier molecular flexibility index (Phi) is 5.59. The molecule has 1 rings (SSSR count). The maximum Gasteiger partial charge on any atom is 0.402 e. The fraction of sp³-hybridized carbons (Fsp3) is 0.636. The number of aliphatic hydroxyl groups is 1. The van der Waals surface area contributed by atoms with Crippen LogP contribution in [0.5, 0.6) is 0 Å². The number of halogens is 3. The molecule has 0 radical (unpaired) electrons. The standard InChI is InChI=1S/C11H16F3NO3S2/c1-3-4-15(7-11(12,13)14)20(17,18)10-5-8(2)9(6-16)19-10/h5,16H,3-4,6-7H2,1-2H3. The number of thiophene rings is 1. The largest absolute Gasteiger partial charge is 0.402 e. The van der Waals surface area contributed by atoms with Crippen LogP contribution in [0.4, 0.5) is 13.2 Å². The molecule has 0 atom stereocenters. The molecular formula is C11H16F3NO3S2. The van der Waals surface area contributed by atoms with E-state index in [2.05, 4.69) is 0 Å². The van der Waals surface area contributed by atoms with Crippen molar-refractivity contribution < 1.29 is 26.7 Å². The van der Waals surface area contributed by atoms with E-state index in [-0.39, 0.29) is 23.8 Å². The van der Waals surface area contributed by atoms with E-state index in [9.17, 15) is 21.6 Å². The van der Waals surface area contributed by atoms with Gasteiger partial charge >= 0.3 is 6.18 Å². The molecule has 1 aromatic rings. The molecule has 0 saturated heterocycles. The Balaban J connectivity index is 3.15. The lowest BCUT2D eigenvalue weighted by Gasteiger charge is -2.21. The smallest absolute Gasteiger partial charge is 0.391 e. The van der Waals surface area contributed by atoms with Gasteiger partial charge in [-0.25, -0.2) is 8.42 Å². The fourth-order valence-corrected chi connectivity index (χ4v) is 4.76. The molecular weight excluding hydrogens is 315 g/mol. The Labute approximate surface area is 119 Å². The van der Waals surface area contributed by atoms with Gasteiger partial charge in [0, 0.05) is 11.4 Å². The lowest BCUT2D eigenvalue weighted by molar-refractivity contribution is -0.136. The zero-order valence-corrected chi connectivity index (χ0v) is 12.7. The minimum absolute atomic E-state index is 0.170. The number of sulfonamides is 1. The van der Waals surface area contributed by atoms with Crippen molar-refractivity contribution in [1.29, 1.82) is 0 Å². The first-order chi connectivity index (χ1) is 9.11. The summed E-state index contributed by atoms with van der Waals surface area (Å²) in [5, 5.41) is 9.05. The lowest BCUT2D eigenvalue weighted by atomic mass is 10.3. The fourth-order valence-electron chi connectivity index (χ4n) is 1.63. The van der Waals surface area contributed by atoms with Crippen molar-refractivity contribution in [1.82, 2.24) is 4.31 Å². The van der Waals surface area contributed by atoms with E-state index in [4.69, 9.17) is 5.11 Å². The Morgan fingerprint density at radius 2 is 2.00 bits per heavy atom. The number of rotatable bonds is 6. The Hall–Kier alpha value is -0.640. The predicted molar refractivity (Wildman–Crippen MR) is 70.1 cm³/mol. The van der Waals surface area contributed by atoms with Crippen LogP contribution in [0.25, 0.3) is 0 Å². The molecule has 1 N–H and O–H groups in total. The third-order valence-corrected chi connectivity index (χ3v) is 6.08. The number of alkyl halides is 3. The molecule has 9 heteroatoms. The topological polar surface area (TPSA) is 57.6 Å². The first-order valence-electron chi connectivity index (χ1n) is 5.89. The van der Waals surface area contributed by atoms with E-state index in [1.165, 1.54) is 6.07 Å². The van der Waals surface area contributed by atoms with Gasteiger partial charge in [0.2, 0.25) is 0 Å². The molecule has 0 fully saturated rings. The average Bonchev–Trinajstić information content (AvgIpc) is 2.69. The van der Waals surface area contributed by atoms with Gasteiger partial charge in [0.25, 0.3) is 10.0 Å². The summed E-state index contributed by atoms with van der Waals surface area (Å²) >= 11 is 0.800. The van der Waals surface area contributed by atoms with E-state index in [0.29, 0.717) is 14.7 Å². The summed E-state index contributed by atoms with van der Waals surface area (Å²) in [5.41, 5.74) is 0.555. The van der Waals surface area contributed by atoms with Crippen molar-refractivity contribution in [3.8, 4) is 0 Å². The molecule has 0 saturated carbocycles. The van der Waals surface area contributed by atoms with Crippen molar-refractivity contribution in [2.45, 2.75) is 37.3 Å². The molecule has 0 amide bonds. The summed E-state index contributed by atoms with van der Waals surface area (Å²) < 4.78 is 62.2. The third-order valence-electron chi connectivity index (χ3n) is 2.56. The minimum atomic E-state index is -4.59. The Morgan fingerprint density at radius 1 is 1.40 bits per heavy atom. The monoisotopic (exact) mass is 331 g/mol. The maximum absolute atomic E-state index is 12.5. The number of nitrogens with zero attached hydrogens (tertiary/aromatic N) is 1. The zero-order valence-electron chi connectivity index (χ0n) is 11.1. The normalized spacial score (nSPS) is 13.2. The highest BCUT2D eigenvalue weighted by molar-refractivity contribution is 7.91. The summed E-state index contributed by atoms with van der Waals surface area (Å²) in [5.74, 6) is 0. The van der Waals surface area contributed by atoms with E-state index in [1.807, 2.05) is 0 Å². The van der Waals surface area contributed by atoms with Gasteiger partial charge in [-0.05, 0) is 25.0 Å². The molecule has 0 aliphatic rings. The molecule has 4 nitrogen and oxygen atoms in total. The molecule has 0 spiro atoms. The summed E-state index contributed by atoms with van der Waals surface area (Å²) in [6.45, 7) is 1.17. The minimum Gasteiger partial charge on any atom is -0.391 e. The van der Waals surface area contributed by atoms with E-state index < -0.39 is 22.7 Å². The van der Waals surface area contributed by atoms with Gasteiger partial charge in [0.05, 0.1) is 6.61 Å². The predicted octanol–water partition coefficient (Wildman–Crippen LogP) is 2.51. The number of aliphatic hydroxyl groups excluding tert-OH is 1. The Bertz CT molecular complexity index is 552. The molecule has 0 aromatic carbocycles. The van der Waals surface area contributed by atoms with E-state index in [1.54, 1.807) is 13.8 Å². The van der Waals surface area contributed by atoms with Crippen molar-refractivity contribution in [2.75, 3.05) is 13.1 Å². The second-order valence-corrected chi connectivity index (χ2v) is 7.59. The average molecular weight is 331 g/mol. The lowest BCUT2D eigenvalue weighted by Crippen LogP contribution is -2.39. The third kappa shape index (κ3) is 4.18. The molecule has 0 aliphatic heterocycles. The van der Waals surface area contributed by atoms with Gasteiger partial charge in [-0.1, -0.05) is 6.92 Å². The molecule has 1 heterocycles. The van der Waals surface area contributed by atoms with Crippen LogP contribution in [0.2, 0.25) is 0 Å². The molecule has 0 bridgehead atoms. The molecule has 20 heavy (non-hydrogen) atoms. The molecule has 116 valence electrons. The van der Waals surface area contributed by atoms with Crippen LogP contribution in [0, 0.1) is 6.92 Å². The Morgan fingerprint density at radius 3 is 2.40 bits per heavy atom. The second-order valence-electron chi connectivity index (χ2n) is 4.28. The van der Waals surface area contributed by atoms with Crippen molar-refractivity contribution in [2.24, 2.45) is 0 Å². The maximum atomic E-state index is 12.5. The van der Waals surface area contributed by atoms with Gasteiger partial charge in [0.15, 0.2) is 0 Å². The van der Waals surface area contributed by atoms with Gasteiger partial charge < -0.3 is 5.11 Å². The van der Waals surface area contributed by atoms with Crippen LogP contribution in [0.3, 0.4) is 0 Å². The van der Waals surface area contributed by atoms with Crippen LogP contribution in [-0.4, -0.2) is 37.1 Å². The van der Waals surface area contributed by atoms with Gasteiger partial charge in [-0.3, -0.25) is 0 Å². The first-order valence-corrected chi connectivity index (χ1v) is 8.14. The number of hydrogen-bond acceptors (Lipinski definition) is 4.